The van der Waals surface area contributed by atoms with Crippen molar-refractivity contribution in [2.45, 2.75) is 13.5 Å². The van der Waals surface area contributed by atoms with Gasteiger partial charge >= 0.3 is 0 Å². The Morgan fingerprint density at radius 2 is 2.05 bits per heavy atom. The van der Waals surface area contributed by atoms with E-state index in [-0.39, 0.29) is 0 Å². The molecule has 0 aliphatic carbocycles. The van der Waals surface area contributed by atoms with E-state index in [9.17, 15) is 0 Å². The van der Waals surface area contributed by atoms with Crippen LogP contribution in [0.25, 0.3) is 0 Å². The Labute approximate surface area is 121 Å². The van der Waals surface area contributed by atoms with Crippen molar-refractivity contribution in [1.82, 2.24) is 4.98 Å². The Kier molecular flexibility index (Phi) is 3.42. The number of nitrogens with zero attached hydrogens (tertiary/aromatic N) is 2. The van der Waals surface area contributed by atoms with Crippen molar-refractivity contribution in [1.29, 1.82) is 0 Å². The Balaban J connectivity index is 1.92. The zero-order chi connectivity index (χ0) is 13.2. The predicted molar refractivity (Wildman–Crippen MR) is 79.7 cm³/mol. The molecule has 3 nitrogen and oxygen atoms in total. The van der Waals surface area contributed by atoms with Crippen LogP contribution in [0.4, 0.5) is 5.82 Å². The monoisotopic (exact) mass is 318 g/mol. The van der Waals surface area contributed by atoms with Crippen LogP contribution in [-0.2, 0) is 6.54 Å². The lowest BCUT2D eigenvalue weighted by Gasteiger charge is -2.21. The summed E-state index contributed by atoms with van der Waals surface area (Å²) in [6.45, 7) is 4.39. The molecule has 0 bridgehead atoms. The Bertz CT molecular complexity index is 600. The van der Waals surface area contributed by atoms with Crippen LogP contribution in [0.15, 0.2) is 40.9 Å². The number of rotatable bonds is 1. The first-order chi connectivity index (χ1) is 9.24. The number of halogens is 1. The third-order valence-corrected chi connectivity index (χ3v) is 4.12. The number of ether oxygens (including phenoxy) is 1. The number of hydrogen-bond donors (Lipinski definition) is 0. The third-order valence-electron chi connectivity index (χ3n) is 3.28. The summed E-state index contributed by atoms with van der Waals surface area (Å²) >= 11 is 3.49. The molecule has 0 spiro atoms. The lowest BCUT2D eigenvalue weighted by molar-refractivity contribution is 0.331. The molecule has 3 rings (SSSR count). The molecule has 1 aromatic carbocycles. The minimum absolute atomic E-state index is 0.688. The summed E-state index contributed by atoms with van der Waals surface area (Å²) in [7, 11) is 0. The quantitative estimate of drug-likeness (QED) is 0.804. The second-order valence-corrected chi connectivity index (χ2v) is 5.47. The minimum atomic E-state index is 0.688. The van der Waals surface area contributed by atoms with Crippen molar-refractivity contribution in [3.63, 3.8) is 0 Å². The molecule has 0 fully saturated rings. The van der Waals surface area contributed by atoms with Crippen LogP contribution >= 0.6 is 15.9 Å². The maximum atomic E-state index is 5.78. The van der Waals surface area contributed by atoms with E-state index in [0.29, 0.717) is 6.61 Å². The van der Waals surface area contributed by atoms with Gasteiger partial charge in [0.15, 0.2) is 0 Å². The van der Waals surface area contributed by atoms with E-state index in [2.05, 4.69) is 37.9 Å². The molecule has 0 radical (unpaired) electrons. The number of hydrogen-bond acceptors (Lipinski definition) is 3. The van der Waals surface area contributed by atoms with Crippen molar-refractivity contribution in [3.8, 4) is 5.75 Å². The molecular weight excluding hydrogens is 304 g/mol. The zero-order valence-electron chi connectivity index (χ0n) is 10.8. The molecule has 1 aromatic heterocycles. The molecule has 1 aliphatic rings. The Hall–Kier alpha value is -1.55. The van der Waals surface area contributed by atoms with Crippen molar-refractivity contribution < 1.29 is 4.74 Å². The summed E-state index contributed by atoms with van der Waals surface area (Å²) in [5.74, 6) is 1.99. The summed E-state index contributed by atoms with van der Waals surface area (Å²) in [6.07, 6.45) is 0. The van der Waals surface area contributed by atoms with Crippen molar-refractivity contribution >= 4 is 21.7 Å². The molecular formula is C15H15BrN2O. The van der Waals surface area contributed by atoms with Gasteiger partial charge < -0.3 is 9.64 Å². The average molecular weight is 319 g/mol. The van der Waals surface area contributed by atoms with Crippen LogP contribution in [0, 0.1) is 6.92 Å². The lowest BCUT2D eigenvalue weighted by Crippen LogP contribution is -2.26. The van der Waals surface area contributed by atoms with Crippen LogP contribution in [0.3, 0.4) is 0 Å². The highest BCUT2D eigenvalue weighted by Crippen LogP contribution is 2.26. The maximum Gasteiger partial charge on any atom is 0.129 e. The van der Waals surface area contributed by atoms with Crippen LogP contribution in [0.5, 0.6) is 5.75 Å². The number of para-hydroxylation sites is 1. The number of aromatic nitrogens is 1. The predicted octanol–water partition coefficient (Wildman–Crippen LogP) is 3.55. The summed E-state index contributed by atoms with van der Waals surface area (Å²) in [4.78, 5) is 6.89. The molecule has 0 saturated heterocycles. The van der Waals surface area contributed by atoms with Crippen molar-refractivity contribution in [2.75, 3.05) is 18.1 Å². The molecule has 2 aromatic rings. The first-order valence-corrected chi connectivity index (χ1v) is 7.12. The van der Waals surface area contributed by atoms with Gasteiger partial charge in [-0.1, -0.05) is 18.2 Å². The number of benzene rings is 1. The summed E-state index contributed by atoms with van der Waals surface area (Å²) in [6, 6.07) is 12.3. The van der Waals surface area contributed by atoms with Crippen LogP contribution in [0.2, 0.25) is 0 Å². The molecule has 2 heterocycles. The number of pyridine rings is 1. The van der Waals surface area contributed by atoms with Gasteiger partial charge in [-0.3, -0.25) is 0 Å². The third kappa shape index (κ3) is 2.59. The van der Waals surface area contributed by atoms with Crippen LogP contribution in [0.1, 0.15) is 11.3 Å². The fraction of sp³-hybridized carbons (Fsp3) is 0.267. The molecule has 0 saturated carbocycles. The zero-order valence-corrected chi connectivity index (χ0v) is 12.4. The highest BCUT2D eigenvalue weighted by atomic mass is 79.9. The number of anilines is 1. The standard InChI is InChI=1S/C15H15BrN2O/c1-11-13(16)6-7-15(17-11)18-8-9-19-14-5-3-2-4-12(14)10-18/h2-7H,8-10H2,1H3. The molecule has 98 valence electrons. The maximum absolute atomic E-state index is 5.78. The van der Waals surface area contributed by atoms with Crippen LogP contribution in [-0.4, -0.2) is 18.1 Å². The smallest absolute Gasteiger partial charge is 0.129 e. The van der Waals surface area contributed by atoms with E-state index in [1.54, 1.807) is 0 Å². The first-order valence-electron chi connectivity index (χ1n) is 6.33. The topological polar surface area (TPSA) is 25.4 Å². The van der Waals surface area contributed by atoms with Gasteiger partial charge in [-0.2, -0.15) is 0 Å². The van der Waals surface area contributed by atoms with Crippen molar-refractivity contribution in [2.24, 2.45) is 0 Å². The van der Waals surface area contributed by atoms with Gasteiger partial charge in [0.25, 0.3) is 0 Å². The fourth-order valence-electron chi connectivity index (χ4n) is 2.23. The highest BCUT2D eigenvalue weighted by molar-refractivity contribution is 9.10. The second kappa shape index (κ2) is 5.21. The number of fused-ring (bicyclic) bond motifs is 1. The molecule has 0 unspecified atom stereocenters. The molecule has 0 N–H and O–H groups in total. The lowest BCUT2D eigenvalue weighted by atomic mass is 10.2. The minimum Gasteiger partial charge on any atom is -0.491 e. The van der Waals surface area contributed by atoms with E-state index in [1.165, 1.54) is 5.56 Å². The Morgan fingerprint density at radius 1 is 1.21 bits per heavy atom. The van der Waals surface area contributed by atoms with E-state index < -0.39 is 0 Å². The van der Waals surface area contributed by atoms with E-state index in [0.717, 1.165) is 34.8 Å². The molecule has 0 amide bonds. The van der Waals surface area contributed by atoms with Gasteiger partial charge in [-0.05, 0) is 41.1 Å². The van der Waals surface area contributed by atoms with Gasteiger partial charge in [0, 0.05) is 16.6 Å². The molecule has 19 heavy (non-hydrogen) atoms. The summed E-state index contributed by atoms with van der Waals surface area (Å²) < 4.78 is 6.82. The SMILES string of the molecule is Cc1nc(N2CCOc3ccccc3C2)ccc1Br. The normalized spacial score (nSPS) is 14.5. The Morgan fingerprint density at radius 3 is 2.89 bits per heavy atom. The van der Waals surface area contributed by atoms with Crippen LogP contribution < -0.4 is 9.64 Å². The fourth-order valence-corrected chi connectivity index (χ4v) is 2.45. The van der Waals surface area contributed by atoms with Gasteiger partial charge in [-0.15, -0.1) is 0 Å². The van der Waals surface area contributed by atoms with E-state index >= 15 is 0 Å². The summed E-state index contributed by atoms with van der Waals surface area (Å²) in [5.41, 5.74) is 2.22. The van der Waals surface area contributed by atoms with Gasteiger partial charge in [0.05, 0.1) is 12.2 Å². The number of aryl methyl sites for hydroxylation is 1. The van der Waals surface area contributed by atoms with Gasteiger partial charge in [-0.25, -0.2) is 4.98 Å². The van der Waals surface area contributed by atoms with E-state index in [1.807, 2.05) is 31.2 Å². The second-order valence-electron chi connectivity index (χ2n) is 4.61. The summed E-state index contributed by atoms with van der Waals surface area (Å²) in [5, 5.41) is 0. The molecule has 1 aliphatic heterocycles. The largest absolute Gasteiger partial charge is 0.491 e. The van der Waals surface area contributed by atoms with Gasteiger partial charge in [0.2, 0.25) is 0 Å². The molecule has 4 heteroatoms. The molecule has 0 atom stereocenters. The average Bonchev–Trinajstić information content (AvgIpc) is 2.64. The first kappa shape index (κ1) is 12.5. The van der Waals surface area contributed by atoms with Gasteiger partial charge in [0.1, 0.15) is 18.2 Å². The van der Waals surface area contributed by atoms with E-state index in [4.69, 9.17) is 4.74 Å². The highest BCUT2D eigenvalue weighted by Gasteiger charge is 2.16. The van der Waals surface area contributed by atoms with Crippen molar-refractivity contribution in [3.05, 3.63) is 52.1 Å².